The Kier molecular flexibility index (Phi) is 3.19. The molecular formula is C12H14O4S. The maximum absolute atomic E-state index is 11.4. The molecule has 92 valence electrons. The van der Waals surface area contributed by atoms with Gasteiger partial charge in [-0.15, -0.1) is 0 Å². The Balaban J connectivity index is 2.03. The molecular weight excluding hydrogens is 240 g/mol. The van der Waals surface area contributed by atoms with E-state index in [4.69, 9.17) is 4.74 Å². The fraction of sp³-hybridized carbons (Fsp3) is 0.417. The molecule has 1 aromatic rings. The summed E-state index contributed by atoms with van der Waals surface area (Å²) in [5, 5.41) is 0. The van der Waals surface area contributed by atoms with Crippen LogP contribution in [0.1, 0.15) is 12.8 Å². The predicted molar refractivity (Wildman–Crippen MR) is 62.8 cm³/mol. The fourth-order valence-corrected chi connectivity index (χ4v) is 2.13. The molecule has 1 saturated carbocycles. The van der Waals surface area contributed by atoms with Gasteiger partial charge >= 0.3 is 0 Å². The molecule has 0 spiro atoms. The number of carbonyl (C=O) groups excluding carboxylic acids is 1. The second kappa shape index (κ2) is 4.49. The summed E-state index contributed by atoms with van der Waals surface area (Å²) in [5.41, 5.74) is 0. The first kappa shape index (κ1) is 12.1. The summed E-state index contributed by atoms with van der Waals surface area (Å²) in [6.45, 7) is 0.0257. The number of carbonyl (C=O) groups is 1. The molecule has 1 aromatic carbocycles. The highest BCUT2D eigenvalue weighted by atomic mass is 32.2. The molecule has 0 N–H and O–H groups in total. The van der Waals surface area contributed by atoms with Crippen molar-refractivity contribution in [1.29, 1.82) is 0 Å². The van der Waals surface area contributed by atoms with Gasteiger partial charge in [0.2, 0.25) is 0 Å². The number of ketones is 1. The second-order valence-corrected chi connectivity index (χ2v) is 6.29. The summed E-state index contributed by atoms with van der Waals surface area (Å²) in [6.07, 6.45) is 3.04. The van der Waals surface area contributed by atoms with Crippen LogP contribution in [0.2, 0.25) is 0 Å². The van der Waals surface area contributed by atoms with Gasteiger partial charge in [-0.2, -0.15) is 0 Å². The fourth-order valence-electron chi connectivity index (χ4n) is 1.47. The van der Waals surface area contributed by atoms with E-state index in [-0.39, 0.29) is 23.2 Å². The van der Waals surface area contributed by atoms with Crippen molar-refractivity contribution in [2.75, 3.05) is 12.9 Å². The molecule has 0 aromatic heterocycles. The van der Waals surface area contributed by atoms with Gasteiger partial charge in [-0.1, -0.05) is 6.07 Å². The largest absolute Gasteiger partial charge is 0.486 e. The van der Waals surface area contributed by atoms with Crippen molar-refractivity contribution in [3.05, 3.63) is 24.3 Å². The average Bonchev–Trinajstić information content (AvgIpc) is 3.09. The highest BCUT2D eigenvalue weighted by Gasteiger charge is 2.29. The molecule has 0 atom stereocenters. The number of hydrogen-bond donors (Lipinski definition) is 0. The quantitative estimate of drug-likeness (QED) is 0.798. The molecule has 1 aliphatic rings. The molecule has 0 aliphatic heterocycles. The Morgan fingerprint density at radius 2 is 2.12 bits per heavy atom. The van der Waals surface area contributed by atoms with Crippen LogP contribution in [0.5, 0.6) is 5.75 Å². The zero-order chi connectivity index (χ0) is 12.5. The molecule has 0 heterocycles. The number of benzene rings is 1. The molecule has 0 bridgehead atoms. The van der Waals surface area contributed by atoms with Gasteiger partial charge in [-0.25, -0.2) is 8.42 Å². The Bertz CT molecular complexity index is 529. The summed E-state index contributed by atoms with van der Waals surface area (Å²) in [4.78, 5) is 11.6. The van der Waals surface area contributed by atoms with Crippen molar-refractivity contribution in [3.63, 3.8) is 0 Å². The minimum atomic E-state index is -3.23. The van der Waals surface area contributed by atoms with Crippen LogP contribution in [0.15, 0.2) is 29.2 Å². The van der Waals surface area contributed by atoms with Crippen molar-refractivity contribution in [1.82, 2.24) is 0 Å². The van der Waals surface area contributed by atoms with Gasteiger partial charge in [0.05, 0.1) is 4.90 Å². The van der Waals surface area contributed by atoms with Crippen LogP contribution in [0.4, 0.5) is 0 Å². The van der Waals surface area contributed by atoms with Crippen LogP contribution in [0, 0.1) is 5.92 Å². The Morgan fingerprint density at radius 1 is 1.41 bits per heavy atom. The van der Waals surface area contributed by atoms with Gasteiger partial charge in [0, 0.05) is 12.2 Å². The normalized spacial score (nSPS) is 15.6. The number of Topliss-reactive ketones (excluding diaryl/α,β-unsaturated/α-hetero) is 1. The van der Waals surface area contributed by atoms with E-state index < -0.39 is 9.84 Å². The Morgan fingerprint density at radius 3 is 2.71 bits per heavy atom. The standard InChI is InChI=1S/C12H14O4S/c1-17(14,15)11-4-2-3-10(7-11)16-8-12(13)9-5-6-9/h2-4,7,9H,5-6,8H2,1H3. The number of rotatable bonds is 5. The second-order valence-electron chi connectivity index (χ2n) is 4.28. The summed E-state index contributed by atoms with van der Waals surface area (Å²) in [5.74, 6) is 0.671. The van der Waals surface area contributed by atoms with E-state index in [0.29, 0.717) is 5.75 Å². The van der Waals surface area contributed by atoms with Crippen molar-refractivity contribution in [3.8, 4) is 5.75 Å². The summed E-state index contributed by atoms with van der Waals surface area (Å²) >= 11 is 0. The van der Waals surface area contributed by atoms with E-state index in [1.807, 2.05) is 0 Å². The highest BCUT2D eigenvalue weighted by molar-refractivity contribution is 7.90. The zero-order valence-electron chi connectivity index (χ0n) is 9.55. The van der Waals surface area contributed by atoms with Crippen LogP contribution < -0.4 is 4.74 Å². The van der Waals surface area contributed by atoms with Gasteiger partial charge < -0.3 is 4.74 Å². The first-order chi connectivity index (χ1) is 7.97. The van der Waals surface area contributed by atoms with Gasteiger partial charge in [0.15, 0.2) is 15.6 Å². The Labute approximate surface area is 101 Å². The minimum absolute atomic E-state index is 0.0257. The third-order valence-electron chi connectivity index (χ3n) is 2.65. The summed E-state index contributed by atoms with van der Waals surface area (Å²) in [7, 11) is -3.23. The topological polar surface area (TPSA) is 60.4 Å². The lowest BCUT2D eigenvalue weighted by Crippen LogP contribution is -2.13. The van der Waals surface area contributed by atoms with Crippen molar-refractivity contribution in [2.24, 2.45) is 5.92 Å². The average molecular weight is 254 g/mol. The lowest BCUT2D eigenvalue weighted by atomic mass is 10.3. The van der Waals surface area contributed by atoms with E-state index >= 15 is 0 Å². The molecule has 0 amide bonds. The van der Waals surface area contributed by atoms with Gasteiger partial charge in [0.1, 0.15) is 12.4 Å². The molecule has 17 heavy (non-hydrogen) atoms. The summed E-state index contributed by atoms with van der Waals surface area (Å²) in [6, 6.07) is 6.20. The number of sulfone groups is 1. The van der Waals surface area contributed by atoms with E-state index in [1.165, 1.54) is 12.1 Å². The van der Waals surface area contributed by atoms with E-state index in [1.54, 1.807) is 12.1 Å². The lowest BCUT2D eigenvalue weighted by Gasteiger charge is -2.06. The molecule has 5 heteroatoms. The van der Waals surface area contributed by atoms with Crippen LogP contribution in [-0.2, 0) is 14.6 Å². The van der Waals surface area contributed by atoms with Crippen molar-refractivity contribution in [2.45, 2.75) is 17.7 Å². The first-order valence-electron chi connectivity index (χ1n) is 5.42. The minimum Gasteiger partial charge on any atom is -0.486 e. The third kappa shape index (κ3) is 3.30. The van der Waals surface area contributed by atoms with Crippen molar-refractivity contribution >= 4 is 15.6 Å². The van der Waals surface area contributed by atoms with Crippen LogP contribution >= 0.6 is 0 Å². The van der Waals surface area contributed by atoms with E-state index in [2.05, 4.69) is 0 Å². The molecule has 4 nitrogen and oxygen atoms in total. The van der Waals surface area contributed by atoms with Gasteiger partial charge in [-0.3, -0.25) is 4.79 Å². The molecule has 1 fully saturated rings. The molecule has 1 aliphatic carbocycles. The van der Waals surface area contributed by atoms with Crippen molar-refractivity contribution < 1.29 is 17.9 Å². The Hall–Kier alpha value is -1.36. The summed E-state index contributed by atoms with van der Waals surface area (Å²) < 4.78 is 27.9. The van der Waals surface area contributed by atoms with Crippen LogP contribution in [0.25, 0.3) is 0 Å². The maximum atomic E-state index is 11.4. The van der Waals surface area contributed by atoms with Gasteiger partial charge in [-0.05, 0) is 31.0 Å². The van der Waals surface area contributed by atoms with E-state index in [9.17, 15) is 13.2 Å². The SMILES string of the molecule is CS(=O)(=O)c1cccc(OCC(=O)C2CC2)c1. The smallest absolute Gasteiger partial charge is 0.175 e. The van der Waals surface area contributed by atoms with Crippen LogP contribution in [0.3, 0.4) is 0 Å². The van der Waals surface area contributed by atoms with Gasteiger partial charge in [0.25, 0.3) is 0 Å². The lowest BCUT2D eigenvalue weighted by molar-refractivity contribution is -0.122. The molecule has 0 unspecified atom stereocenters. The molecule has 0 radical (unpaired) electrons. The predicted octanol–water partition coefficient (Wildman–Crippen LogP) is 1.45. The maximum Gasteiger partial charge on any atom is 0.175 e. The molecule has 0 saturated heterocycles. The molecule has 2 rings (SSSR count). The number of ether oxygens (including phenoxy) is 1. The number of hydrogen-bond acceptors (Lipinski definition) is 4. The zero-order valence-corrected chi connectivity index (χ0v) is 10.4. The first-order valence-corrected chi connectivity index (χ1v) is 7.31. The third-order valence-corrected chi connectivity index (χ3v) is 3.76. The monoisotopic (exact) mass is 254 g/mol. The highest BCUT2D eigenvalue weighted by Crippen LogP contribution is 2.30. The van der Waals surface area contributed by atoms with Crippen LogP contribution in [-0.4, -0.2) is 27.1 Å². The van der Waals surface area contributed by atoms with E-state index in [0.717, 1.165) is 19.1 Å².